The number of amides is 2. The first-order chi connectivity index (χ1) is 12.0. The Morgan fingerprint density at radius 2 is 1.84 bits per heavy atom. The van der Waals surface area contributed by atoms with Gasteiger partial charge in [-0.2, -0.15) is 0 Å². The van der Waals surface area contributed by atoms with Gasteiger partial charge >= 0.3 is 6.09 Å². The van der Waals surface area contributed by atoms with Crippen LogP contribution in [0.25, 0.3) is 0 Å². The predicted molar refractivity (Wildman–Crippen MR) is 93.3 cm³/mol. The van der Waals surface area contributed by atoms with Crippen molar-refractivity contribution in [2.24, 2.45) is 11.7 Å². The van der Waals surface area contributed by atoms with Gasteiger partial charge in [0.15, 0.2) is 0 Å². The average Bonchev–Trinajstić information content (AvgIpc) is 2.62. The molecule has 1 aromatic carbocycles. The highest BCUT2D eigenvalue weighted by atomic mass is 16.4. The first-order valence-corrected chi connectivity index (χ1v) is 8.76. The minimum atomic E-state index is -1.43. The van der Waals surface area contributed by atoms with Gasteiger partial charge in [-0.25, -0.2) is 9.80 Å². The number of carboxylic acid groups (broad SMARTS) is 1. The van der Waals surface area contributed by atoms with Crippen LogP contribution in [0.15, 0.2) is 30.3 Å². The summed E-state index contributed by atoms with van der Waals surface area (Å²) in [7, 11) is 0. The molecule has 2 amide bonds. The highest BCUT2D eigenvalue weighted by Crippen LogP contribution is 2.27. The second-order valence-electron chi connectivity index (χ2n) is 6.68. The third kappa shape index (κ3) is 6.03. The number of rotatable bonds is 6. The zero-order valence-electron chi connectivity index (χ0n) is 14.3. The molecule has 0 bridgehead atoms. The summed E-state index contributed by atoms with van der Waals surface area (Å²) in [5.74, 6) is -0.368. The molecule has 2 atom stereocenters. The molecule has 138 valence electrons. The van der Waals surface area contributed by atoms with E-state index in [0.717, 1.165) is 36.3 Å². The van der Waals surface area contributed by atoms with Crippen LogP contribution in [0.1, 0.15) is 44.1 Å². The minimum Gasteiger partial charge on any atom is -0.464 e. The number of carbonyl (C=O) groups is 2. The molecular formula is C18H27N3O4. The van der Waals surface area contributed by atoms with E-state index in [4.69, 9.17) is 5.73 Å². The lowest BCUT2D eigenvalue weighted by Gasteiger charge is -2.28. The topological polar surface area (TPSA) is 116 Å². The molecule has 0 radical (unpaired) electrons. The summed E-state index contributed by atoms with van der Waals surface area (Å²) in [5.41, 5.74) is 8.95. The quantitative estimate of drug-likeness (QED) is 0.585. The van der Waals surface area contributed by atoms with Crippen LogP contribution in [0.3, 0.4) is 0 Å². The third-order valence-electron chi connectivity index (χ3n) is 4.66. The van der Waals surface area contributed by atoms with E-state index in [9.17, 15) is 19.8 Å². The molecule has 1 fully saturated rings. The van der Waals surface area contributed by atoms with Crippen LogP contribution < -0.4 is 11.2 Å². The minimum absolute atomic E-state index is 0.00744. The number of benzene rings is 1. The Balaban J connectivity index is 1.89. The van der Waals surface area contributed by atoms with E-state index in [1.807, 2.05) is 6.07 Å². The maximum atomic E-state index is 12.2. The van der Waals surface area contributed by atoms with Crippen LogP contribution in [0, 0.1) is 5.92 Å². The number of nitrogens with one attached hydrogen (secondary N) is 1. The highest BCUT2D eigenvalue weighted by Gasteiger charge is 2.28. The lowest BCUT2D eigenvalue weighted by Crippen LogP contribution is -2.53. The predicted octanol–water partition coefficient (Wildman–Crippen LogP) is 1.86. The van der Waals surface area contributed by atoms with Gasteiger partial charge in [-0.3, -0.25) is 10.2 Å². The van der Waals surface area contributed by atoms with E-state index in [0.29, 0.717) is 12.3 Å². The molecule has 0 saturated heterocycles. The molecular weight excluding hydrogens is 322 g/mol. The van der Waals surface area contributed by atoms with Gasteiger partial charge in [-0.1, -0.05) is 62.4 Å². The smallest absolute Gasteiger partial charge is 0.426 e. The maximum Gasteiger partial charge on any atom is 0.426 e. The van der Waals surface area contributed by atoms with Crippen LogP contribution in [-0.4, -0.2) is 39.4 Å². The molecule has 0 aromatic heterocycles. The van der Waals surface area contributed by atoms with E-state index >= 15 is 0 Å². The van der Waals surface area contributed by atoms with Crippen molar-refractivity contribution in [3.8, 4) is 0 Å². The molecule has 0 spiro atoms. The Morgan fingerprint density at radius 1 is 1.20 bits per heavy atom. The van der Waals surface area contributed by atoms with E-state index in [2.05, 4.69) is 5.43 Å². The van der Waals surface area contributed by atoms with Crippen LogP contribution >= 0.6 is 0 Å². The zero-order valence-corrected chi connectivity index (χ0v) is 14.3. The summed E-state index contributed by atoms with van der Waals surface area (Å²) in [6.45, 7) is -0.00744. The van der Waals surface area contributed by atoms with Crippen molar-refractivity contribution >= 4 is 12.0 Å². The third-order valence-corrected chi connectivity index (χ3v) is 4.66. The summed E-state index contributed by atoms with van der Waals surface area (Å²) in [6.07, 6.45) is 3.51. The van der Waals surface area contributed by atoms with E-state index in [-0.39, 0.29) is 6.54 Å². The Morgan fingerprint density at radius 3 is 2.44 bits per heavy atom. The van der Waals surface area contributed by atoms with E-state index < -0.39 is 24.1 Å². The molecule has 5 N–H and O–H groups in total. The molecule has 7 heteroatoms. The standard InChI is InChI=1S/C18H27N3O4/c19-15(11-13-7-3-1-4-8-13)16(22)17(23)20-21(18(24)25)12-14-9-5-2-6-10-14/h2,5-6,9-10,13,15-16,22H,1,3-4,7-8,11-12,19H2,(H,20,23)(H,24,25)/t15-,16?/m1/s1. The van der Waals surface area contributed by atoms with Gasteiger partial charge < -0.3 is 15.9 Å². The number of hydrogen-bond donors (Lipinski definition) is 4. The first-order valence-electron chi connectivity index (χ1n) is 8.76. The van der Waals surface area contributed by atoms with Crippen molar-refractivity contribution in [3.05, 3.63) is 35.9 Å². The molecule has 1 aliphatic rings. The molecule has 0 aliphatic heterocycles. The van der Waals surface area contributed by atoms with Crippen molar-refractivity contribution in [2.45, 2.75) is 57.2 Å². The van der Waals surface area contributed by atoms with Crippen molar-refractivity contribution in [1.29, 1.82) is 0 Å². The first kappa shape index (κ1) is 19.2. The summed E-state index contributed by atoms with van der Waals surface area (Å²) < 4.78 is 0. The van der Waals surface area contributed by atoms with Crippen LogP contribution in [0.2, 0.25) is 0 Å². The number of aliphatic hydroxyl groups is 1. The molecule has 1 saturated carbocycles. The van der Waals surface area contributed by atoms with Crippen molar-refractivity contribution < 1.29 is 19.8 Å². The largest absolute Gasteiger partial charge is 0.464 e. The van der Waals surface area contributed by atoms with Gasteiger partial charge in [0, 0.05) is 6.04 Å². The van der Waals surface area contributed by atoms with Crippen molar-refractivity contribution in [3.63, 3.8) is 0 Å². The van der Waals surface area contributed by atoms with Crippen LogP contribution in [-0.2, 0) is 11.3 Å². The number of hydrazine groups is 1. The van der Waals surface area contributed by atoms with Crippen LogP contribution in [0.5, 0.6) is 0 Å². The Labute approximate surface area is 147 Å². The Hall–Kier alpha value is -2.12. The average molecular weight is 349 g/mol. The highest BCUT2D eigenvalue weighted by molar-refractivity contribution is 5.83. The van der Waals surface area contributed by atoms with Gasteiger partial charge in [0.1, 0.15) is 6.10 Å². The normalized spacial score (nSPS) is 17.5. The molecule has 25 heavy (non-hydrogen) atoms. The Bertz CT molecular complexity index is 561. The summed E-state index contributed by atoms with van der Waals surface area (Å²) in [4.78, 5) is 23.5. The second-order valence-corrected chi connectivity index (χ2v) is 6.68. The number of carbonyl (C=O) groups excluding carboxylic acids is 1. The number of nitrogens with two attached hydrogens (primary N) is 1. The monoisotopic (exact) mass is 349 g/mol. The number of hydrogen-bond acceptors (Lipinski definition) is 4. The molecule has 7 nitrogen and oxygen atoms in total. The molecule has 1 aromatic rings. The summed E-state index contributed by atoms with van der Waals surface area (Å²) in [6, 6.07) is 8.20. The SMILES string of the molecule is N[C@H](CC1CCCCC1)C(O)C(=O)NN(Cc1ccccc1)C(=O)O. The fourth-order valence-corrected chi connectivity index (χ4v) is 3.25. The number of nitrogens with zero attached hydrogens (tertiary/aromatic N) is 1. The van der Waals surface area contributed by atoms with Gasteiger partial charge in [-0.15, -0.1) is 0 Å². The van der Waals surface area contributed by atoms with Crippen molar-refractivity contribution in [2.75, 3.05) is 0 Å². The molecule has 1 unspecified atom stereocenters. The number of aliphatic hydroxyl groups excluding tert-OH is 1. The lowest BCUT2D eigenvalue weighted by molar-refractivity contribution is -0.135. The molecule has 1 aliphatic carbocycles. The zero-order chi connectivity index (χ0) is 18.2. The maximum absolute atomic E-state index is 12.2. The van der Waals surface area contributed by atoms with E-state index in [1.165, 1.54) is 6.42 Å². The van der Waals surface area contributed by atoms with Crippen LogP contribution in [0.4, 0.5) is 4.79 Å². The van der Waals surface area contributed by atoms with Crippen molar-refractivity contribution in [1.82, 2.24) is 10.4 Å². The van der Waals surface area contributed by atoms with Gasteiger partial charge in [0.05, 0.1) is 6.54 Å². The molecule has 0 heterocycles. The second kappa shape index (κ2) is 9.39. The summed E-state index contributed by atoms with van der Waals surface area (Å²) in [5, 5.41) is 20.2. The van der Waals surface area contributed by atoms with Gasteiger partial charge in [0.25, 0.3) is 5.91 Å². The Kier molecular flexibility index (Phi) is 7.21. The van der Waals surface area contributed by atoms with Gasteiger partial charge in [0.2, 0.25) is 0 Å². The van der Waals surface area contributed by atoms with E-state index in [1.54, 1.807) is 24.3 Å². The fraction of sp³-hybridized carbons (Fsp3) is 0.556. The fourth-order valence-electron chi connectivity index (χ4n) is 3.25. The molecule has 2 rings (SSSR count). The summed E-state index contributed by atoms with van der Waals surface area (Å²) >= 11 is 0. The van der Waals surface area contributed by atoms with Gasteiger partial charge in [-0.05, 0) is 17.9 Å². The lowest BCUT2D eigenvalue weighted by atomic mass is 9.84.